The second kappa shape index (κ2) is 9.42. The first kappa shape index (κ1) is 22.2. The molecule has 1 heterocycles. The van der Waals surface area contributed by atoms with E-state index in [0.717, 1.165) is 6.54 Å². The summed E-state index contributed by atoms with van der Waals surface area (Å²) >= 11 is 0. The van der Waals surface area contributed by atoms with Gasteiger partial charge >= 0.3 is 15.5 Å². The molecule has 0 unspecified atom stereocenters. The van der Waals surface area contributed by atoms with E-state index in [4.69, 9.17) is 0 Å². The zero-order valence-electron chi connectivity index (χ0n) is 15.9. The highest BCUT2D eigenvalue weighted by Gasteiger charge is 2.50. The van der Waals surface area contributed by atoms with Crippen LogP contribution in [-0.2, 0) is 10.0 Å². The van der Waals surface area contributed by atoms with E-state index in [1.54, 1.807) is 7.05 Å². The molecule has 158 valence electrons. The summed E-state index contributed by atoms with van der Waals surface area (Å²) < 4.78 is 61.3. The SMILES string of the molecule is CN=C(NCCN(C)C1CCCC1)NC1CCN(S(=O)(=O)C(F)(F)F)CC1. The van der Waals surface area contributed by atoms with Crippen LogP contribution in [0.15, 0.2) is 4.99 Å². The van der Waals surface area contributed by atoms with Gasteiger partial charge in [0.15, 0.2) is 5.96 Å². The number of nitrogens with zero attached hydrogens (tertiary/aromatic N) is 3. The third-order valence-corrected chi connectivity index (χ3v) is 6.99. The van der Waals surface area contributed by atoms with Gasteiger partial charge in [-0.2, -0.15) is 17.5 Å². The number of nitrogens with one attached hydrogen (secondary N) is 2. The van der Waals surface area contributed by atoms with Crippen LogP contribution in [0.2, 0.25) is 0 Å². The van der Waals surface area contributed by atoms with Gasteiger partial charge in [-0.05, 0) is 32.7 Å². The maximum absolute atomic E-state index is 12.6. The van der Waals surface area contributed by atoms with Crippen molar-refractivity contribution < 1.29 is 21.6 Å². The topological polar surface area (TPSA) is 77.0 Å². The largest absolute Gasteiger partial charge is 0.511 e. The van der Waals surface area contributed by atoms with E-state index in [1.807, 2.05) is 0 Å². The lowest BCUT2D eigenvalue weighted by Gasteiger charge is -2.32. The molecule has 1 saturated carbocycles. The van der Waals surface area contributed by atoms with Gasteiger partial charge in [0.05, 0.1) is 0 Å². The van der Waals surface area contributed by atoms with Gasteiger partial charge < -0.3 is 15.5 Å². The molecule has 7 nitrogen and oxygen atoms in total. The minimum atomic E-state index is -5.24. The Bertz CT molecular complexity index is 598. The van der Waals surface area contributed by atoms with E-state index in [9.17, 15) is 21.6 Å². The van der Waals surface area contributed by atoms with Crippen molar-refractivity contribution >= 4 is 16.0 Å². The van der Waals surface area contributed by atoms with Crippen molar-refractivity contribution in [1.82, 2.24) is 19.8 Å². The average molecular weight is 414 g/mol. The second-order valence-corrected chi connectivity index (χ2v) is 9.12. The molecule has 0 spiro atoms. The quantitative estimate of drug-likeness (QED) is 0.508. The van der Waals surface area contributed by atoms with Gasteiger partial charge in [-0.15, -0.1) is 0 Å². The number of hydrogen-bond acceptors (Lipinski definition) is 4. The third-order valence-electron chi connectivity index (χ3n) is 5.36. The molecular weight excluding hydrogens is 383 g/mol. The number of piperidine rings is 1. The predicted molar refractivity (Wildman–Crippen MR) is 99.0 cm³/mol. The van der Waals surface area contributed by atoms with Crippen molar-refractivity contribution in [3.63, 3.8) is 0 Å². The molecule has 0 aromatic heterocycles. The molecule has 0 aromatic carbocycles. The molecule has 0 bridgehead atoms. The van der Waals surface area contributed by atoms with Gasteiger partial charge in [0.1, 0.15) is 0 Å². The molecule has 2 fully saturated rings. The number of aliphatic imine (C=N–C) groups is 1. The molecule has 27 heavy (non-hydrogen) atoms. The Morgan fingerprint density at radius 1 is 1.19 bits per heavy atom. The fraction of sp³-hybridized carbons (Fsp3) is 0.938. The molecule has 1 aliphatic carbocycles. The third kappa shape index (κ3) is 5.95. The molecule has 1 saturated heterocycles. The number of alkyl halides is 3. The van der Waals surface area contributed by atoms with E-state index in [-0.39, 0.29) is 19.1 Å². The Balaban J connectivity index is 1.73. The lowest BCUT2D eigenvalue weighted by molar-refractivity contribution is -0.0494. The van der Waals surface area contributed by atoms with E-state index in [1.165, 1.54) is 25.7 Å². The fourth-order valence-corrected chi connectivity index (χ4v) is 4.64. The normalized spacial score (nSPS) is 21.8. The number of likely N-dealkylation sites (N-methyl/N-ethyl adjacent to an activating group) is 1. The van der Waals surface area contributed by atoms with Crippen LogP contribution in [0.4, 0.5) is 13.2 Å². The minimum Gasteiger partial charge on any atom is -0.355 e. The summed E-state index contributed by atoms with van der Waals surface area (Å²) in [5.74, 6) is 0.590. The highest BCUT2D eigenvalue weighted by atomic mass is 32.2. The van der Waals surface area contributed by atoms with Crippen LogP contribution in [0.3, 0.4) is 0 Å². The van der Waals surface area contributed by atoms with Crippen LogP contribution in [0.1, 0.15) is 38.5 Å². The first-order chi connectivity index (χ1) is 12.6. The Morgan fingerprint density at radius 2 is 1.78 bits per heavy atom. The van der Waals surface area contributed by atoms with Crippen molar-refractivity contribution in [3.05, 3.63) is 0 Å². The Kier molecular flexibility index (Phi) is 7.75. The molecule has 11 heteroatoms. The summed E-state index contributed by atoms with van der Waals surface area (Å²) in [7, 11) is -1.48. The maximum atomic E-state index is 12.6. The first-order valence-corrected chi connectivity index (χ1v) is 10.8. The van der Waals surface area contributed by atoms with Crippen molar-refractivity contribution in [2.45, 2.75) is 56.1 Å². The van der Waals surface area contributed by atoms with Gasteiger partial charge in [-0.3, -0.25) is 4.99 Å². The molecule has 0 atom stereocenters. The van der Waals surface area contributed by atoms with Crippen LogP contribution in [-0.4, -0.2) is 81.4 Å². The zero-order chi connectivity index (χ0) is 20.1. The monoisotopic (exact) mass is 413 g/mol. The zero-order valence-corrected chi connectivity index (χ0v) is 16.7. The van der Waals surface area contributed by atoms with Crippen molar-refractivity contribution in [2.75, 3.05) is 40.3 Å². The maximum Gasteiger partial charge on any atom is 0.511 e. The molecule has 2 aliphatic rings. The average Bonchev–Trinajstić information content (AvgIpc) is 3.15. The van der Waals surface area contributed by atoms with E-state index >= 15 is 0 Å². The molecule has 2 N–H and O–H groups in total. The number of halogens is 3. The van der Waals surface area contributed by atoms with Crippen LogP contribution >= 0.6 is 0 Å². The summed E-state index contributed by atoms with van der Waals surface area (Å²) in [6.45, 7) is 1.30. The van der Waals surface area contributed by atoms with E-state index in [0.29, 0.717) is 35.7 Å². The van der Waals surface area contributed by atoms with Crippen LogP contribution in [0, 0.1) is 0 Å². The summed E-state index contributed by atoms with van der Waals surface area (Å²) in [5, 5.41) is 6.40. The summed E-state index contributed by atoms with van der Waals surface area (Å²) in [5.41, 5.74) is -5.24. The van der Waals surface area contributed by atoms with Crippen LogP contribution in [0.25, 0.3) is 0 Å². The molecule has 0 aromatic rings. The van der Waals surface area contributed by atoms with Crippen LogP contribution < -0.4 is 10.6 Å². The molecule has 1 aliphatic heterocycles. The molecule has 2 rings (SSSR count). The molecule has 0 amide bonds. The van der Waals surface area contributed by atoms with Gasteiger partial charge in [0.2, 0.25) is 0 Å². The minimum absolute atomic E-state index is 0.108. The van der Waals surface area contributed by atoms with Crippen molar-refractivity contribution in [3.8, 4) is 0 Å². The summed E-state index contributed by atoms with van der Waals surface area (Å²) in [6, 6.07) is 0.533. The molecular formula is C16H30F3N5O2S. The van der Waals surface area contributed by atoms with Crippen molar-refractivity contribution in [2.24, 2.45) is 4.99 Å². The number of sulfonamides is 1. The van der Waals surface area contributed by atoms with Crippen molar-refractivity contribution in [1.29, 1.82) is 0 Å². The number of hydrogen-bond donors (Lipinski definition) is 2. The Hall–Kier alpha value is -1.07. The summed E-state index contributed by atoms with van der Waals surface area (Å²) in [4.78, 5) is 6.49. The van der Waals surface area contributed by atoms with E-state index < -0.39 is 15.5 Å². The highest BCUT2D eigenvalue weighted by Crippen LogP contribution is 2.29. The second-order valence-electron chi connectivity index (χ2n) is 7.19. The predicted octanol–water partition coefficient (Wildman–Crippen LogP) is 1.34. The smallest absolute Gasteiger partial charge is 0.355 e. The number of rotatable bonds is 6. The highest BCUT2D eigenvalue weighted by molar-refractivity contribution is 7.90. The fourth-order valence-electron chi connectivity index (χ4n) is 3.65. The van der Waals surface area contributed by atoms with E-state index in [2.05, 4.69) is 27.6 Å². The lowest BCUT2D eigenvalue weighted by Crippen LogP contribution is -2.52. The Labute approximate surface area is 159 Å². The van der Waals surface area contributed by atoms with Gasteiger partial charge in [-0.25, -0.2) is 8.42 Å². The van der Waals surface area contributed by atoms with Gasteiger partial charge in [0.25, 0.3) is 0 Å². The number of guanidine groups is 1. The first-order valence-electron chi connectivity index (χ1n) is 9.39. The Morgan fingerprint density at radius 3 is 2.30 bits per heavy atom. The van der Waals surface area contributed by atoms with Gasteiger partial charge in [-0.1, -0.05) is 12.8 Å². The summed E-state index contributed by atoms with van der Waals surface area (Å²) in [6.07, 6.45) is 5.66. The lowest BCUT2D eigenvalue weighted by atomic mass is 10.1. The molecule has 0 radical (unpaired) electrons. The van der Waals surface area contributed by atoms with Crippen LogP contribution in [0.5, 0.6) is 0 Å². The standard InChI is InChI=1S/C16H30F3N5O2S/c1-20-15(21-9-12-23(2)14-5-3-4-6-14)22-13-7-10-24(11-8-13)27(25,26)16(17,18)19/h13-14H,3-12H2,1-2H3,(H2,20,21,22). The van der Waals surface area contributed by atoms with Gasteiger partial charge in [0, 0.05) is 45.3 Å².